The Hall–Kier alpha value is -0.910. The van der Waals surface area contributed by atoms with Crippen LogP contribution in [-0.2, 0) is 4.79 Å². The molecular weight excluding hydrogens is 318 g/mol. The van der Waals surface area contributed by atoms with Gasteiger partial charge >= 0.3 is 0 Å². The number of amides is 1. The number of carbonyl (C=O) groups excluding carboxylic acids is 1. The van der Waals surface area contributed by atoms with Gasteiger partial charge in [-0.05, 0) is 44.6 Å². The standard InChI is InChI=1S/C15H22BrN3O/c1-17-14-6-3-8-19(11-14)9-7-15(20)18-13-5-2-4-12(16)10-13/h2,4-5,10,14,17H,3,6-9,11H2,1H3,(H,18,20). The number of carbonyl (C=O) groups is 1. The fraction of sp³-hybridized carbons (Fsp3) is 0.533. The van der Waals surface area contributed by atoms with Crippen molar-refractivity contribution in [2.24, 2.45) is 0 Å². The molecule has 0 radical (unpaired) electrons. The van der Waals surface area contributed by atoms with Crippen molar-refractivity contribution in [2.45, 2.75) is 25.3 Å². The molecule has 1 aliphatic rings. The molecule has 2 N–H and O–H groups in total. The number of piperidine rings is 1. The smallest absolute Gasteiger partial charge is 0.225 e. The Kier molecular flexibility index (Phi) is 6.01. The summed E-state index contributed by atoms with van der Waals surface area (Å²) in [7, 11) is 2.01. The lowest BCUT2D eigenvalue weighted by atomic mass is 10.1. The highest BCUT2D eigenvalue weighted by atomic mass is 79.9. The lowest BCUT2D eigenvalue weighted by Gasteiger charge is -2.32. The lowest BCUT2D eigenvalue weighted by Crippen LogP contribution is -2.45. The highest BCUT2D eigenvalue weighted by Gasteiger charge is 2.18. The molecule has 20 heavy (non-hydrogen) atoms. The van der Waals surface area contributed by atoms with Crippen LogP contribution in [0, 0.1) is 0 Å². The van der Waals surface area contributed by atoms with E-state index in [9.17, 15) is 4.79 Å². The van der Waals surface area contributed by atoms with E-state index >= 15 is 0 Å². The summed E-state index contributed by atoms with van der Waals surface area (Å²) >= 11 is 3.40. The number of nitrogens with one attached hydrogen (secondary N) is 2. The van der Waals surface area contributed by atoms with Crippen LogP contribution in [-0.4, -0.2) is 43.5 Å². The Morgan fingerprint density at radius 1 is 1.50 bits per heavy atom. The van der Waals surface area contributed by atoms with E-state index in [2.05, 4.69) is 31.5 Å². The molecule has 4 nitrogen and oxygen atoms in total. The summed E-state index contributed by atoms with van der Waals surface area (Å²) in [5.74, 6) is 0.0784. The maximum atomic E-state index is 11.9. The Balaban J connectivity index is 1.75. The van der Waals surface area contributed by atoms with Gasteiger partial charge < -0.3 is 15.5 Å². The van der Waals surface area contributed by atoms with E-state index in [1.165, 1.54) is 12.8 Å². The second-order valence-electron chi connectivity index (χ2n) is 5.24. The van der Waals surface area contributed by atoms with E-state index < -0.39 is 0 Å². The maximum absolute atomic E-state index is 11.9. The van der Waals surface area contributed by atoms with Crippen molar-refractivity contribution in [3.8, 4) is 0 Å². The van der Waals surface area contributed by atoms with Crippen molar-refractivity contribution in [2.75, 3.05) is 32.0 Å². The number of rotatable bonds is 5. The maximum Gasteiger partial charge on any atom is 0.225 e. The number of benzene rings is 1. The molecule has 1 aromatic rings. The van der Waals surface area contributed by atoms with Gasteiger partial charge in [-0.1, -0.05) is 22.0 Å². The van der Waals surface area contributed by atoms with Crippen molar-refractivity contribution in [3.05, 3.63) is 28.7 Å². The van der Waals surface area contributed by atoms with E-state index in [4.69, 9.17) is 0 Å². The molecule has 1 atom stereocenters. The molecule has 1 fully saturated rings. The van der Waals surface area contributed by atoms with Crippen LogP contribution in [0.4, 0.5) is 5.69 Å². The molecular formula is C15H22BrN3O. The number of halogens is 1. The minimum atomic E-state index is 0.0784. The second-order valence-corrected chi connectivity index (χ2v) is 6.15. The third-order valence-corrected chi connectivity index (χ3v) is 4.17. The van der Waals surface area contributed by atoms with Crippen molar-refractivity contribution in [1.29, 1.82) is 0 Å². The van der Waals surface area contributed by atoms with E-state index in [1.54, 1.807) is 0 Å². The number of nitrogens with zero attached hydrogens (tertiary/aromatic N) is 1. The summed E-state index contributed by atoms with van der Waals surface area (Å²) in [5.41, 5.74) is 0.844. The average molecular weight is 340 g/mol. The third-order valence-electron chi connectivity index (χ3n) is 3.68. The normalized spacial score (nSPS) is 19.8. The SMILES string of the molecule is CNC1CCCN(CCC(=O)Nc2cccc(Br)c2)C1. The first-order valence-corrected chi connectivity index (χ1v) is 7.91. The number of hydrogen-bond donors (Lipinski definition) is 2. The monoisotopic (exact) mass is 339 g/mol. The molecule has 1 heterocycles. The summed E-state index contributed by atoms with van der Waals surface area (Å²) in [6.45, 7) is 2.97. The van der Waals surface area contributed by atoms with Crippen LogP contribution >= 0.6 is 15.9 Å². The molecule has 1 aliphatic heterocycles. The average Bonchev–Trinajstić information content (AvgIpc) is 2.45. The minimum Gasteiger partial charge on any atom is -0.326 e. The van der Waals surface area contributed by atoms with Crippen molar-refractivity contribution >= 4 is 27.5 Å². The van der Waals surface area contributed by atoms with Crippen LogP contribution in [0.15, 0.2) is 28.7 Å². The highest BCUT2D eigenvalue weighted by Crippen LogP contribution is 2.16. The van der Waals surface area contributed by atoms with Gasteiger partial charge in [0, 0.05) is 35.7 Å². The largest absolute Gasteiger partial charge is 0.326 e. The second kappa shape index (κ2) is 7.76. The zero-order valence-corrected chi connectivity index (χ0v) is 13.4. The van der Waals surface area contributed by atoms with Crippen LogP contribution in [0.5, 0.6) is 0 Å². The molecule has 0 bridgehead atoms. The number of likely N-dealkylation sites (N-methyl/N-ethyl adjacent to an activating group) is 1. The molecule has 2 rings (SSSR count). The number of hydrogen-bond acceptors (Lipinski definition) is 3. The van der Waals surface area contributed by atoms with E-state index in [0.717, 1.165) is 29.8 Å². The predicted octanol–water partition coefficient (Wildman–Crippen LogP) is 2.46. The zero-order valence-electron chi connectivity index (χ0n) is 11.9. The molecule has 0 saturated carbocycles. The van der Waals surface area contributed by atoms with Crippen LogP contribution < -0.4 is 10.6 Å². The van der Waals surface area contributed by atoms with Gasteiger partial charge in [0.25, 0.3) is 0 Å². The van der Waals surface area contributed by atoms with Crippen LogP contribution in [0.2, 0.25) is 0 Å². The topological polar surface area (TPSA) is 44.4 Å². The number of anilines is 1. The van der Waals surface area contributed by atoms with Gasteiger partial charge in [-0.25, -0.2) is 0 Å². The molecule has 1 saturated heterocycles. The molecule has 1 amide bonds. The third kappa shape index (κ3) is 4.89. The molecule has 1 aromatic carbocycles. The fourth-order valence-corrected chi connectivity index (χ4v) is 2.94. The van der Waals surface area contributed by atoms with Gasteiger partial charge in [-0.2, -0.15) is 0 Å². The van der Waals surface area contributed by atoms with Gasteiger partial charge in [0.15, 0.2) is 0 Å². The van der Waals surface area contributed by atoms with Crippen molar-refractivity contribution in [1.82, 2.24) is 10.2 Å². The molecule has 5 heteroatoms. The Morgan fingerprint density at radius 3 is 3.10 bits per heavy atom. The van der Waals surface area contributed by atoms with Gasteiger partial charge in [-0.15, -0.1) is 0 Å². The summed E-state index contributed by atoms with van der Waals surface area (Å²) < 4.78 is 0.975. The van der Waals surface area contributed by atoms with E-state index in [1.807, 2.05) is 31.3 Å². The molecule has 0 aliphatic carbocycles. The minimum absolute atomic E-state index is 0.0784. The molecule has 0 spiro atoms. The summed E-state index contributed by atoms with van der Waals surface area (Å²) in [5, 5.41) is 6.26. The van der Waals surface area contributed by atoms with Gasteiger partial charge in [-0.3, -0.25) is 4.79 Å². The zero-order chi connectivity index (χ0) is 14.4. The first-order chi connectivity index (χ1) is 9.67. The Bertz CT molecular complexity index is 452. The first kappa shape index (κ1) is 15.5. The Labute approximate surface area is 129 Å². The predicted molar refractivity (Wildman–Crippen MR) is 85.9 cm³/mol. The molecule has 110 valence electrons. The summed E-state index contributed by atoms with van der Waals surface area (Å²) in [4.78, 5) is 14.3. The van der Waals surface area contributed by atoms with Gasteiger partial charge in [0.05, 0.1) is 0 Å². The molecule has 1 unspecified atom stereocenters. The van der Waals surface area contributed by atoms with Gasteiger partial charge in [0.1, 0.15) is 0 Å². The van der Waals surface area contributed by atoms with E-state index in [-0.39, 0.29) is 5.91 Å². The van der Waals surface area contributed by atoms with Crippen LogP contribution in [0.25, 0.3) is 0 Å². The lowest BCUT2D eigenvalue weighted by molar-refractivity contribution is -0.116. The fourth-order valence-electron chi connectivity index (χ4n) is 2.54. The van der Waals surface area contributed by atoms with Crippen LogP contribution in [0.1, 0.15) is 19.3 Å². The quantitative estimate of drug-likeness (QED) is 0.866. The Morgan fingerprint density at radius 2 is 2.35 bits per heavy atom. The highest BCUT2D eigenvalue weighted by molar-refractivity contribution is 9.10. The van der Waals surface area contributed by atoms with Gasteiger partial charge in [0.2, 0.25) is 5.91 Å². The van der Waals surface area contributed by atoms with Crippen LogP contribution in [0.3, 0.4) is 0 Å². The number of likely N-dealkylation sites (tertiary alicyclic amines) is 1. The summed E-state index contributed by atoms with van der Waals surface area (Å²) in [6.07, 6.45) is 2.99. The molecule has 0 aromatic heterocycles. The van der Waals surface area contributed by atoms with Crippen molar-refractivity contribution < 1.29 is 4.79 Å². The van der Waals surface area contributed by atoms with E-state index in [0.29, 0.717) is 12.5 Å². The van der Waals surface area contributed by atoms with Crippen molar-refractivity contribution in [3.63, 3.8) is 0 Å². The first-order valence-electron chi connectivity index (χ1n) is 7.12. The summed E-state index contributed by atoms with van der Waals surface area (Å²) in [6, 6.07) is 8.25.